The lowest BCUT2D eigenvalue weighted by Gasteiger charge is -2.21. The summed E-state index contributed by atoms with van der Waals surface area (Å²) in [5.41, 5.74) is 2.19. The van der Waals surface area contributed by atoms with Crippen LogP contribution >= 0.6 is 0 Å². The molecular weight excluding hydrogens is 218 g/mol. The molecule has 1 atom stereocenters. The Labute approximate surface area is 102 Å². The van der Waals surface area contributed by atoms with Gasteiger partial charge in [0.2, 0.25) is 0 Å². The molecule has 94 valence electrons. The smallest absolute Gasteiger partial charge is 0.320 e. The van der Waals surface area contributed by atoms with Gasteiger partial charge in [0.05, 0.1) is 6.61 Å². The molecule has 0 aliphatic carbocycles. The quantitative estimate of drug-likeness (QED) is 0.818. The molecule has 4 nitrogen and oxygen atoms in total. The molecular formula is C13H19NO3. The van der Waals surface area contributed by atoms with Gasteiger partial charge >= 0.3 is 5.97 Å². The van der Waals surface area contributed by atoms with Gasteiger partial charge in [-0.2, -0.15) is 0 Å². The monoisotopic (exact) mass is 237 g/mol. The van der Waals surface area contributed by atoms with E-state index in [1.165, 1.54) is 0 Å². The summed E-state index contributed by atoms with van der Waals surface area (Å²) in [4.78, 5) is 12.6. The predicted octanol–water partition coefficient (Wildman–Crippen LogP) is 1.74. The molecule has 17 heavy (non-hydrogen) atoms. The van der Waals surface area contributed by atoms with Gasteiger partial charge in [-0.15, -0.1) is 0 Å². The maximum absolute atomic E-state index is 10.8. The van der Waals surface area contributed by atoms with Crippen LogP contribution < -0.4 is 0 Å². The summed E-state index contributed by atoms with van der Waals surface area (Å²) in [6.45, 7) is 2.87. The summed E-state index contributed by atoms with van der Waals surface area (Å²) >= 11 is 0. The van der Waals surface area contributed by atoms with Crippen molar-refractivity contribution in [3.63, 3.8) is 0 Å². The fraction of sp³-hybridized carbons (Fsp3) is 0.462. The van der Waals surface area contributed by atoms with Crippen LogP contribution in [0, 0.1) is 0 Å². The van der Waals surface area contributed by atoms with E-state index in [0.717, 1.165) is 11.1 Å². The highest BCUT2D eigenvalue weighted by molar-refractivity contribution is 5.72. The van der Waals surface area contributed by atoms with Crippen molar-refractivity contribution in [3.05, 3.63) is 35.4 Å². The number of likely N-dealkylation sites (N-methyl/N-ethyl adjacent to an activating group) is 1. The van der Waals surface area contributed by atoms with Crippen molar-refractivity contribution in [1.82, 2.24) is 4.90 Å². The van der Waals surface area contributed by atoms with E-state index >= 15 is 0 Å². The summed E-state index contributed by atoms with van der Waals surface area (Å²) in [6.07, 6.45) is 0. The third-order valence-electron chi connectivity index (χ3n) is 2.75. The molecule has 0 aromatic heterocycles. The van der Waals surface area contributed by atoms with Gasteiger partial charge in [-0.05, 0) is 25.1 Å². The van der Waals surface area contributed by atoms with Crippen LogP contribution in [0.1, 0.15) is 18.1 Å². The van der Waals surface area contributed by atoms with E-state index in [0.29, 0.717) is 13.2 Å². The van der Waals surface area contributed by atoms with Gasteiger partial charge in [0, 0.05) is 13.7 Å². The van der Waals surface area contributed by atoms with E-state index in [-0.39, 0.29) is 0 Å². The molecule has 0 bridgehead atoms. The highest BCUT2D eigenvalue weighted by Gasteiger charge is 2.16. The summed E-state index contributed by atoms with van der Waals surface area (Å²) in [7, 11) is 3.47. The largest absolute Gasteiger partial charge is 0.480 e. The normalized spacial score (nSPS) is 12.7. The standard InChI is InChI=1S/C13H19NO3/c1-10(13(15)16)14(2)8-11-5-4-6-12(7-11)9-17-3/h4-7,10H,8-9H2,1-3H3,(H,15,16). The van der Waals surface area contributed by atoms with Crippen LogP contribution in [0.3, 0.4) is 0 Å². The van der Waals surface area contributed by atoms with Gasteiger partial charge < -0.3 is 9.84 Å². The second kappa shape index (κ2) is 6.37. The van der Waals surface area contributed by atoms with Crippen LogP contribution in [0.15, 0.2) is 24.3 Å². The molecule has 1 unspecified atom stereocenters. The molecule has 1 aromatic rings. The summed E-state index contributed by atoms with van der Waals surface area (Å²) in [5, 5.41) is 8.91. The first kappa shape index (κ1) is 13.7. The number of ether oxygens (including phenoxy) is 1. The molecule has 0 radical (unpaired) electrons. The number of hydrogen-bond acceptors (Lipinski definition) is 3. The van der Waals surface area contributed by atoms with E-state index in [4.69, 9.17) is 9.84 Å². The van der Waals surface area contributed by atoms with Crippen LogP contribution in [0.4, 0.5) is 0 Å². The highest BCUT2D eigenvalue weighted by atomic mass is 16.5. The number of rotatable bonds is 6. The van der Waals surface area contributed by atoms with Gasteiger partial charge in [-0.3, -0.25) is 9.69 Å². The van der Waals surface area contributed by atoms with Crippen molar-refractivity contribution in [2.45, 2.75) is 26.1 Å². The zero-order valence-electron chi connectivity index (χ0n) is 10.5. The van der Waals surface area contributed by atoms with Crippen molar-refractivity contribution in [1.29, 1.82) is 0 Å². The van der Waals surface area contributed by atoms with Crippen LogP contribution in [-0.2, 0) is 22.7 Å². The maximum Gasteiger partial charge on any atom is 0.320 e. The minimum absolute atomic E-state index is 0.485. The minimum Gasteiger partial charge on any atom is -0.480 e. The zero-order chi connectivity index (χ0) is 12.8. The van der Waals surface area contributed by atoms with Crippen molar-refractivity contribution in [2.75, 3.05) is 14.2 Å². The molecule has 1 rings (SSSR count). The van der Waals surface area contributed by atoms with E-state index in [9.17, 15) is 4.79 Å². The molecule has 0 heterocycles. The number of aliphatic carboxylic acids is 1. The first-order valence-corrected chi connectivity index (χ1v) is 5.54. The Morgan fingerprint density at radius 2 is 2.12 bits per heavy atom. The molecule has 1 aromatic carbocycles. The second-order valence-electron chi connectivity index (χ2n) is 4.18. The van der Waals surface area contributed by atoms with Crippen molar-refractivity contribution >= 4 is 5.97 Å². The lowest BCUT2D eigenvalue weighted by molar-refractivity contribution is -0.142. The minimum atomic E-state index is -0.805. The Morgan fingerprint density at radius 3 is 2.71 bits per heavy atom. The highest BCUT2D eigenvalue weighted by Crippen LogP contribution is 2.10. The molecule has 0 saturated carbocycles. The van der Waals surface area contributed by atoms with E-state index in [1.54, 1.807) is 18.9 Å². The summed E-state index contributed by atoms with van der Waals surface area (Å²) in [6, 6.07) is 7.50. The molecule has 1 N–H and O–H groups in total. The van der Waals surface area contributed by atoms with Crippen molar-refractivity contribution < 1.29 is 14.6 Å². The summed E-state index contributed by atoms with van der Waals surface area (Å²) < 4.78 is 5.07. The van der Waals surface area contributed by atoms with Gasteiger partial charge in [0.25, 0.3) is 0 Å². The number of methoxy groups -OCH3 is 1. The SMILES string of the molecule is COCc1cccc(CN(C)C(C)C(=O)O)c1. The van der Waals surface area contributed by atoms with E-state index in [1.807, 2.05) is 31.3 Å². The maximum atomic E-state index is 10.8. The van der Waals surface area contributed by atoms with Gasteiger partial charge in [0.1, 0.15) is 6.04 Å². The van der Waals surface area contributed by atoms with Gasteiger partial charge in [-0.1, -0.05) is 24.3 Å². The third kappa shape index (κ3) is 4.17. The van der Waals surface area contributed by atoms with Crippen LogP contribution in [0.5, 0.6) is 0 Å². The molecule has 0 amide bonds. The fourth-order valence-corrected chi connectivity index (χ4v) is 1.60. The summed E-state index contributed by atoms with van der Waals surface area (Å²) in [5.74, 6) is -0.805. The number of nitrogens with zero attached hydrogens (tertiary/aromatic N) is 1. The number of benzene rings is 1. The Hall–Kier alpha value is -1.39. The molecule has 0 aliphatic rings. The fourth-order valence-electron chi connectivity index (χ4n) is 1.60. The Balaban J connectivity index is 2.67. The van der Waals surface area contributed by atoms with Gasteiger partial charge in [0.15, 0.2) is 0 Å². The Morgan fingerprint density at radius 1 is 1.47 bits per heavy atom. The lowest BCUT2D eigenvalue weighted by Crippen LogP contribution is -2.35. The number of carbonyl (C=O) groups is 1. The van der Waals surface area contributed by atoms with Crippen molar-refractivity contribution in [2.24, 2.45) is 0 Å². The molecule has 4 heteroatoms. The first-order valence-electron chi connectivity index (χ1n) is 5.54. The number of hydrogen-bond donors (Lipinski definition) is 1. The van der Waals surface area contributed by atoms with Crippen LogP contribution in [-0.4, -0.2) is 36.2 Å². The topological polar surface area (TPSA) is 49.8 Å². The average molecular weight is 237 g/mol. The molecule has 0 saturated heterocycles. The lowest BCUT2D eigenvalue weighted by atomic mass is 10.1. The number of carboxylic acids is 1. The van der Waals surface area contributed by atoms with E-state index < -0.39 is 12.0 Å². The average Bonchev–Trinajstić information content (AvgIpc) is 2.28. The number of carboxylic acid groups (broad SMARTS) is 1. The molecule has 0 spiro atoms. The Bertz CT molecular complexity index is 379. The molecule has 0 fully saturated rings. The van der Waals surface area contributed by atoms with Crippen LogP contribution in [0.2, 0.25) is 0 Å². The van der Waals surface area contributed by atoms with E-state index in [2.05, 4.69) is 0 Å². The first-order chi connectivity index (χ1) is 8.04. The predicted molar refractivity (Wildman–Crippen MR) is 65.7 cm³/mol. The molecule has 0 aliphatic heterocycles. The van der Waals surface area contributed by atoms with Gasteiger partial charge in [-0.25, -0.2) is 0 Å². The van der Waals surface area contributed by atoms with Crippen molar-refractivity contribution in [3.8, 4) is 0 Å². The second-order valence-corrected chi connectivity index (χ2v) is 4.18. The van der Waals surface area contributed by atoms with Crippen LogP contribution in [0.25, 0.3) is 0 Å². The Kier molecular flexibility index (Phi) is 5.12. The third-order valence-corrected chi connectivity index (χ3v) is 2.75. The zero-order valence-corrected chi connectivity index (χ0v) is 10.5.